The summed E-state index contributed by atoms with van der Waals surface area (Å²) in [7, 11) is 1.40. The normalized spacial score (nSPS) is 17.9. The van der Waals surface area contributed by atoms with Crippen LogP contribution in [0.2, 0.25) is 0 Å². The molecule has 4 nitrogen and oxygen atoms in total. The summed E-state index contributed by atoms with van der Waals surface area (Å²) in [4.78, 5) is 11.7. The van der Waals surface area contributed by atoms with Crippen LogP contribution < -0.4 is 9.47 Å². The van der Waals surface area contributed by atoms with E-state index in [1.54, 1.807) is 12.1 Å². The highest BCUT2D eigenvalue weighted by Crippen LogP contribution is 2.45. The summed E-state index contributed by atoms with van der Waals surface area (Å²) >= 11 is 0. The van der Waals surface area contributed by atoms with Gasteiger partial charge in [0.25, 0.3) is 0 Å². The number of esters is 1. The molecule has 0 amide bonds. The standard InChI is InChI=1S/C38H58O4/c1-26(2)13-10-14-27(3)15-11-16-28(4)17-12-23-38(8)24-22-34-31(7)35(29(5)30(6)36(34)42-38)41-25-32-18-20-33(21-19-32)37(39)40-9/h18-21,26-28H,10-17,22-25H2,1-9H3/t27?,28?,38-/m1/s1. The summed E-state index contributed by atoms with van der Waals surface area (Å²) in [6.07, 6.45) is 13.9. The molecule has 0 fully saturated rings. The Morgan fingerprint density at radius 1 is 0.857 bits per heavy atom. The van der Waals surface area contributed by atoms with Gasteiger partial charge in [-0.1, -0.05) is 84.8 Å². The van der Waals surface area contributed by atoms with E-state index in [1.807, 2.05) is 12.1 Å². The van der Waals surface area contributed by atoms with Crippen molar-refractivity contribution in [2.45, 2.75) is 138 Å². The van der Waals surface area contributed by atoms with Gasteiger partial charge in [0, 0.05) is 5.56 Å². The van der Waals surface area contributed by atoms with Crippen LogP contribution in [0.15, 0.2) is 24.3 Å². The maximum Gasteiger partial charge on any atom is 0.337 e. The fraction of sp³-hybridized carbons (Fsp3) is 0.658. The molecule has 1 aliphatic heterocycles. The van der Waals surface area contributed by atoms with E-state index in [9.17, 15) is 4.79 Å². The van der Waals surface area contributed by atoms with Gasteiger partial charge in [0.05, 0.1) is 12.7 Å². The predicted molar refractivity (Wildman–Crippen MR) is 175 cm³/mol. The zero-order chi connectivity index (χ0) is 30.9. The largest absolute Gasteiger partial charge is 0.488 e. The van der Waals surface area contributed by atoms with Crippen LogP contribution >= 0.6 is 0 Å². The minimum atomic E-state index is -0.325. The van der Waals surface area contributed by atoms with Gasteiger partial charge in [0.2, 0.25) is 0 Å². The van der Waals surface area contributed by atoms with E-state index in [-0.39, 0.29) is 11.6 Å². The molecule has 0 N–H and O–H groups in total. The molecule has 0 aliphatic carbocycles. The van der Waals surface area contributed by atoms with Gasteiger partial charge in [-0.25, -0.2) is 4.79 Å². The molecule has 3 rings (SSSR count). The van der Waals surface area contributed by atoms with E-state index in [1.165, 1.54) is 75.2 Å². The van der Waals surface area contributed by atoms with Gasteiger partial charge in [-0.3, -0.25) is 0 Å². The third kappa shape index (κ3) is 9.51. The van der Waals surface area contributed by atoms with Crippen molar-refractivity contribution in [3.63, 3.8) is 0 Å². The molecule has 2 unspecified atom stereocenters. The van der Waals surface area contributed by atoms with Crippen LogP contribution in [-0.4, -0.2) is 18.7 Å². The summed E-state index contributed by atoms with van der Waals surface area (Å²) in [5, 5.41) is 0. The van der Waals surface area contributed by atoms with Crippen LogP contribution in [0.4, 0.5) is 0 Å². The smallest absolute Gasteiger partial charge is 0.337 e. The highest BCUT2D eigenvalue weighted by Gasteiger charge is 2.34. The highest BCUT2D eigenvalue weighted by molar-refractivity contribution is 5.89. The van der Waals surface area contributed by atoms with E-state index < -0.39 is 0 Å². The summed E-state index contributed by atoms with van der Waals surface area (Å²) in [6, 6.07) is 7.42. The van der Waals surface area contributed by atoms with E-state index in [0.717, 1.165) is 59.6 Å². The Kier molecular flexibility index (Phi) is 12.8. The first kappa shape index (κ1) is 34.0. The molecule has 3 atom stereocenters. The van der Waals surface area contributed by atoms with Crippen molar-refractivity contribution >= 4 is 5.97 Å². The summed E-state index contributed by atoms with van der Waals surface area (Å²) < 4.78 is 18.0. The molecule has 0 radical (unpaired) electrons. The average Bonchev–Trinajstić information content (AvgIpc) is 2.95. The van der Waals surface area contributed by atoms with Crippen LogP contribution in [0.5, 0.6) is 11.5 Å². The van der Waals surface area contributed by atoms with Gasteiger partial charge >= 0.3 is 5.97 Å². The van der Waals surface area contributed by atoms with E-state index in [2.05, 4.69) is 55.4 Å². The van der Waals surface area contributed by atoms with E-state index in [0.29, 0.717) is 12.2 Å². The van der Waals surface area contributed by atoms with Crippen molar-refractivity contribution in [1.82, 2.24) is 0 Å². The summed E-state index contributed by atoms with van der Waals surface area (Å²) in [5.41, 5.74) is 6.28. The molecule has 234 valence electrons. The molecule has 4 heteroatoms. The van der Waals surface area contributed by atoms with Gasteiger partial charge in [0.1, 0.15) is 23.7 Å². The highest BCUT2D eigenvalue weighted by atomic mass is 16.5. The number of carbonyl (C=O) groups is 1. The van der Waals surface area contributed by atoms with Gasteiger partial charge in [-0.2, -0.15) is 0 Å². The lowest BCUT2D eigenvalue weighted by Crippen LogP contribution is -2.37. The molecule has 42 heavy (non-hydrogen) atoms. The van der Waals surface area contributed by atoms with Crippen LogP contribution in [0, 0.1) is 38.5 Å². The van der Waals surface area contributed by atoms with Gasteiger partial charge in [0.15, 0.2) is 0 Å². The minimum Gasteiger partial charge on any atom is -0.488 e. The summed E-state index contributed by atoms with van der Waals surface area (Å²) in [6.45, 7) is 18.8. The number of methoxy groups -OCH3 is 1. The van der Waals surface area contributed by atoms with E-state index in [4.69, 9.17) is 14.2 Å². The Morgan fingerprint density at radius 3 is 2.05 bits per heavy atom. The lowest BCUT2D eigenvalue weighted by molar-refractivity contribution is 0.0511. The second kappa shape index (κ2) is 15.8. The van der Waals surface area contributed by atoms with Crippen molar-refractivity contribution in [3.05, 3.63) is 57.6 Å². The Morgan fingerprint density at radius 2 is 1.45 bits per heavy atom. The Labute approximate surface area is 256 Å². The van der Waals surface area contributed by atoms with Crippen molar-refractivity contribution in [3.8, 4) is 11.5 Å². The van der Waals surface area contributed by atoms with Crippen molar-refractivity contribution in [1.29, 1.82) is 0 Å². The van der Waals surface area contributed by atoms with Crippen LogP contribution in [-0.2, 0) is 17.8 Å². The molecule has 0 saturated carbocycles. The van der Waals surface area contributed by atoms with Crippen LogP contribution in [0.1, 0.15) is 137 Å². The molecule has 1 heterocycles. The number of benzene rings is 2. The fourth-order valence-corrected chi connectivity index (χ4v) is 6.49. The molecule has 0 aromatic heterocycles. The lowest BCUT2D eigenvalue weighted by atomic mass is 9.83. The van der Waals surface area contributed by atoms with Crippen molar-refractivity contribution in [2.75, 3.05) is 7.11 Å². The van der Waals surface area contributed by atoms with Crippen LogP contribution in [0.3, 0.4) is 0 Å². The first-order valence-electron chi connectivity index (χ1n) is 16.6. The maximum atomic E-state index is 11.7. The van der Waals surface area contributed by atoms with Gasteiger partial charge in [-0.05, 0) is 106 Å². The molecular formula is C38H58O4. The monoisotopic (exact) mass is 578 g/mol. The SMILES string of the molecule is COC(=O)c1ccc(COc2c(C)c(C)c3c(c2C)CC[C@@](C)(CCCC(C)CCCC(C)CCCC(C)C)O3)cc1. The molecule has 0 bridgehead atoms. The zero-order valence-corrected chi connectivity index (χ0v) is 28.2. The fourth-order valence-electron chi connectivity index (χ4n) is 6.49. The third-order valence-corrected chi connectivity index (χ3v) is 9.60. The predicted octanol–water partition coefficient (Wildman–Crippen LogP) is 10.5. The zero-order valence-electron chi connectivity index (χ0n) is 28.2. The number of carbonyl (C=O) groups excluding carboxylic acids is 1. The molecular weight excluding hydrogens is 520 g/mol. The second-order valence-electron chi connectivity index (χ2n) is 13.9. The average molecular weight is 579 g/mol. The number of rotatable bonds is 16. The minimum absolute atomic E-state index is 0.106. The number of hydrogen-bond acceptors (Lipinski definition) is 4. The molecule has 2 aromatic carbocycles. The number of ether oxygens (including phenoxy) is 3. The third-order valence-electron chi connectivity index (χ3n) is 9.60. The number of fused-ring (bicyclic) bond motifs is 1. The van der Waals surface area contributed by atoms with Crippen molar-refractivity contribution < 1.29 is 19.0 Å². The summed E-state index contributed by atoms with van der Waals surface area (Å²) in [5.74, 6) is 4.20. The maximum absolute atomic E-state index is 11.7. The number of hydrogen-bond donors (Lipinski definition) is 0. The van der Waals surface area contributed by atoms with Gasteiger partial charge < -0.3 is 14.2 Å². The van der Waals surface area contributed by atoms with Crippen molar-refractivity contribution in [2.24, 2.45) is 17.8 Å². The molecule has 0 saturated heterocycles. The Bertz CT molecular complexity index is 1150. The quantitative estimate of drug-likeness (QED) is 0.186. The Hall–Kier alpha value is -2.49. The van der Waals surface area contributed by atoms with E-state index >= 15 is 0 Å². The molecule has 1 aliphatic rings. The Balaban J connectivity index is 1.51. The topological polar surface area (TPSA) is 44.8 Å². The van der Waals surface area contributed by atoms with Crippen LogP contribution in [0.25, 0.3) is 0 Å². The first-order valence-corrected chi connectivity index (χ1v) is 16.6. The van der Waals surface area contributed by atoms with Gasteiger partial charge in [-0.15, -0.1) is 0 Å². The first-order chi connectivity index (χ1) is 19.9. The molecule has 2 aromatic rings. The second-order valence-corrected chi connectivity index (χ2v) is 13.9. The molecule has 0 spiro atoms. The lowest BCUT2D eigenvalue weighted by Gasteiger charge is -2.38.